The van der Waals surface area contributed by atoms with Crippen molar-refractivity contribution < 1.29 is 9.59 Å². The van der Waals surface area contributed by atoms with E-state index >= 15 is 0 Å². The maximum absolute atomic E-state index is 11.3. The minimum Gasteiger partial charge on any atom is -0.350 e. The van der Waals surface area contributed by atoms with Gasteiger partial charge >= 0.3 is 0 Å². The topological polar surface area (TPSA) is 97.1 Å². The molecule has 6 nitrogen and oxygen atoms in total. The van der Waals surface area contributed by atoms with Crippen LogP contribution in [-0.2, 0) is 16.1 Å². The zero-order chi connectivity index (χ0) is 12.7. The molecule has 6 heteroatoms. The van der Waals surface area contributed by atoms with Gasteiger partial charge in [0.15, 0.2) is 0 Å². The normalized spacial score (nSPS) is 9.76. The number of aryl methyl sites for hydroxylation is 1. The van der Waals surface area contributed by atoms with E-state index in [1.807, 2.05) is 19.1 Å². The molecule has 1 rings (SSSR count). The van der Waals surface area contributed by atoms with Crippen molar-refractivity contribution in [3.63, 3.8) is 0 Å². The number of nitrogens with one attached hydrogen (secondary N) is 2. The molecule has 0 unspecified atom stereocenters. The fourth-order valence-electron chi connectivity index (χ4n) is 1.12. The van der Waals surface area contributed by atoms with Crippen molar-refractivity contribution in [1.82, 2.24) is 15.6 Å². The average molecular weight is 236 g/mol. The van der Waals surface area contributed by atoms with E-state index in [1.54, 1.807) is 6.20 Å². The van der Waals surface area contributed by atoms with Crippen LogP contribution in [-0.4, -0.2) is 29.9 Å². The van der Waals surface area contributed by atoms with Crippen LogP contribution < -0.4 is 16.4 Å². The summed E-state index contributed by atoms with van der Waals surface area (Å²) in [7, 11) is 0. The predicted octanol–water partition coefficient (Wildman–Crippen LogP) is -0.919. The van der Waals surface area contributed by atoms with Crippen LogP contribution in [0, 0.1) is 6.92 Å². The van der Waals surface area contributed by atoms with Gasteiger partial charge in [0.2, 0.25) is 11.8 Å². The molecule has 0 radical (unpaired) electrons. The third-order valence-corrected chi connectivity index (χ3v) is 2.09. The lowest BCUT2D eigenvalue weighted by Gasteiger charge is -2.06. The molecule has 0 atom stereocenters. The van der Waals surface area contributed by atoms with Crippen molar-refractivity contribution in [3.05, 3.63) is 29.6 Å². The second-order valence-electron chi connectivity index (χ2n) is 3.57. The number of hydrogen-bond donors (Lipinski definition) is 3. The smallest absolute Gasteiger partial charge is 0.239 e. The highest BCUT2D eigenvalue weighted by atomic mass is 16.2. The van der Waals surface area contributed by atoms with Crippen molar-refractivity contribution in [3.8, 4) is 0 Å². The lowest BCUT2D eigenvalue weighted by atomic mass is 10.2. The number of carbonyl (C=O) groups is 2. The molecule has 1 aromatic heterocycles. The van der Waals surface area contributed by atoms with Crippen LogP contribution in [0.5, 0.6) is 0 Å². The maximum Gasteiger partial charge on any atom is 0.239 e. The van der Waals surface area contributed by atoms with Crippen LogP contribution in [0.2, 0.25) is 0 Å². The third kappa shape index (κ3) is 5.07. The second-order valence-corrected chi connectivity index (χ2v) is 3.57. The van der Waals surface area contributed by atoms with Crippen LogP contribution in [0.3, 0.4) is 0 Å². The van der Waals surface area contributed by atoms with E-state index in [-0.39, 0.29) is 24.9 Å². The highest BCUT2D eigenvalue weighted by Gasteiger charge is 2.03. The van der Waals surface area contributed by atoms with Crippen LogP contribution in [0.25, 0.3) is 0 Å². The van der Waals surface area contributed by atoms with E-state index in [2.05, 4.69) is 15.6 Å². The molecule has 2 amide bonds. The molecule has 0 aliphatic heterocycles. The summed E-state index contributed by atoms with van der Waals surface area (Å²) in [5, 5.41) is 5.05. The summed E-state index contributed by atoms with van der Waals surface area (Å²) < 4.78 is 0. The molecule has 1 aromatic rings. The largest absolute Gasteiger partial charge is 0.350 e. The van der Waals surface area contributed by atoms with Crippen molar-refractivity contribution in [2.75, 3.05) is 13.1 Å². The molecule has 0 bridgehead atoms. The summed E-state index contributed by atoms with van der Waals surface area (Å²) in [5.74, 6) is -0.607. The Hall–Kier alpha value is -1.95. The van der Waals surface area contributed by atoms with Gasteiger partial charge in [0.05, 0.1) is 13.1 Å². The molecule has 92 valence electrons. The highest BCUT2D eigenvalue weighted by Crippen LogP contribution is 1.98. The summed E-state index contributed by atoms with van der Waals surface area (Å²) in [6.07, 6.45) is 1.70. The fraction of sp³-hybridized carbons (Fsp3) is 0.364. The molecule has 0 aliphatic rings. The molecular weight excluding hydrogens is 220 g/mol. The van der Waals surface area contributed by atoms with Gasteiger partial charge in [-0.3, -0.25) is 14.6 Å². The quantitative estimate of drug-likeness (QED) is 0.616. The SMILES string of the molecule is Cc1ccc(CNC(=O)CNC(=O)CN)cn1. The molecule has 0 aromatic carbocycles. The number of rotatable bonds is 5. The minimum absolute atomic E-state index is 0.0602. The molecule has 0 spiro atoms. The highest BCUT2D eigenvalue weighted by molar-refractivity contribution is 5.85. The number of nitrogens with two attached hydrogens (primary N) is 1. The number of hydrogen-bond acceptors (Lipinski definition) is 4. The Balaban J connectivity index is 2.28. The van der Waals surface area contributed by atoms with Gasteiger partial charge in [0.1, 0.15) is 0 Å². The first-order valence-electron chi connectivity index (χ1n) is 5.27. The van der Waals surface area contributed by atoms with E-state index in [0.29, 0.717) is 6.54 Å². The van der Waals surface area contributed by atoms with Crippen LogP contribution in [0.1, 0.15) is 11.3 Å². The fourth-order valence-corrected chi connectivity index (χ4v) is 1.12. The molecular formula is C11H16N4O2. The number of pyridine rings is 1. The molecule has 17 heavy (non-hydrogen) atoms. The third-order valence-electron chi connectivity index (χ3n) is 2.09. The average Bonchev–Trinajstić information content (AvgIpc) is 2.35. The first-order chi connectivity index (χ1) is 8.11. The van der Waals surface area contributed by atoms with Crippen molar-refractivity contribution >= 4 is 11.8 Å². The Kier molecular flexibility index (Phi) is 5.09. The molecule has 4 N–H and O–H groups in total. The molecule has 0 saturated carbocycles. The first-order valence-corrected chi connectivity index (χ1v) is 5.27. The zero-order valence-corrected chi connectivity index (χ0v) is 9.69. The van der Waals surface area contributed by atoms with Crippen molar-refractivity contribution in [2.45, 2.75) is 13.5 Å². The van der Waals surface area contributed by atoms with Gasteiger partial charge in [-0.25, -0.2) is 0 Å². The van der Waals surface area contributed by atoms with E-state index in [9.17, 15) is 9.59 Å². The Labute approximate surface area is 99.6 Å². The molecule has 1 heterocycles. The Morgan fingerprint density at radius 2 is 2.06 bits per heavy atom. The lowest BCUT2D eigenvalue weighted by Crippen LogP contribution is -2.39. The van der Waals surface area contributed by atoms with E-state index in [0.717, 1.165) is 11.3 Å². The van der Waals surface area contributed by atoms with Gasteiger partial charge < -0.3 is 16.4 Å². The van der Waals surface area contributed by atoms with Crippen LogP contribution in [0.4, 0.5) is 0 Å². The summed E-state index contributed by atoms with van der Waals surface area (Å²) >= 11 is 0. The van der Waals surface area contributed by atoms with Crippen LogP contribution in [0.15, 0.2) is 18.3 Å². The van der Waals surface area contributed by atoms with Crippen molar-refractivity contribution in [2.24, 2.45) is 5.73 Å². The Morgan fingerprint density at radius 1 is 1.29 bits per heavy atom. The first kappa shape index (κ1) is 13.1. The molecule has 0 saturated heterocycles. The van der Waals surface area contributed by atoms with Gasteiger partial charge in [0, 0.05) is 18.4 Å². The summed E-state index contributed by atoms with van der Waals surface area (Å²) in [5.41, 5.74) is 6.92. The summed E-state index contributed by atoms with van der Waals surface area (Å²) in [6, 6.07) is 3.76. The van der Waals surface area contributed by atoms with Crippen LogP contribution >= 0.6 is 0 Å². The van der Waals surface area contributed by atoms with E-state index in [1.165, 1.54) is 0 Å². The van der Waals surface area contributed by atoms with Gasteiger partial charge in [0.25, 0.3) is 0 Å². The van der Waals surface area contributed by atoms with Crippen molar-refractivity contribution in [1.29, 1.82) is 0 Å². The number of aromatic nitrogens is 1. The molecule has 0 fully saturated rings. The van der Waals surface area contributed by atoms with Gasteiger partial charge in [-0.2, -0.15) is 0 Å². The van der Waals surface area contributed by atoms with Gasteiger partial charge in [-0.1, -0.05) is 6.07 Å². The maximum atomic E-state index is 11.3. The number of nitrogens with zero attached hydrogens (tertiary/aromatic N) is 1. The minimum atomic E-state index is -0.350. The lowest BCUT2D eigenvalue weighted by molar-refractivity contribution is -0.125. The van der Waals surface area contributed by atoms with Gasteiger partial charge in [-0.15, -0.1) is 0 Å². The summed E-state index contributed by atoms with van der Waals surface area (Å²) in [6.45, 7) is 2.11. The van der Waals surface area contributed by atoms with Gasteiger partial charge in [-0.05, 0) is 18.6 Å². The predicted molar refractivity (Wildman–Crippen MR) is 62.9 cm³/mol. The number of amides is 2. The zero-order valence-electron chi connectivity index (χ0n) is 9.69. The second kappa shape index (κ2) is 6.59. The Morgan fingerprint density at radius 3 is 2.65 bits per heavy atom. The summed E-state index contributed by atoms with van der Waals surface area (Å²) in [4.78, 5) is 26.2. The monoisotopic (exact) mass is 236 g/mol. The Bertz CT molecular complexity index is 389. The molecule has 0 aliphatic carbocycles. The van der Waals surface area contributed by atoms with E-state index < -0.39 is 0 Å². The standard InChI is InChI=1S/C11H16N4O2/c1-8-2-3-9(5-13-8)6-14-11(17)7-15-10(16)4-12/h2-3,5H,4,6-7,12H2,1H3,(H,14,17)(H,15,16). The number of carbonyl (C=O) groups excluding carboxylic acids is 2. The van der Waals surface area contributed by atoms with E-state index in [4.69, 9.17) is 5.73 Å².